The van der Waals surface area contributed by atoms with E-state index in [4.69, 9.17) is 14.2 Å². The maximum Gasteiger partial charge on any atom is 0.344 e. The second-order valence-corrected chi connectivity index (χ2v) is 9.47. The summed E-state index contributed by atoms with van der Waals surface area (Å²) in [6.07, 6.45) is 1.56. The van der Waals surface area contributed by atoms with Crippen LogP contribution in [-0.2, 0) is 19.1 Å². The molecule has 2 fully saturated rings. The number of carbonyl (C=O) groups is 4. The zero-order chi connectivity index (χ0) is 27.1. The van der Waals surface area contributed by atoms with Crippen LogP contribution in [0.4, 0.5) is 10.5 Å². The number of esters is 1. The number of carbonyl (C=O) groups excluding carboxylic acids is 4. The summed E-state index contributed by atoms with van der Waals surface area (Å²) < 4.78 is 15.6. The first-order chi connectivity index (χ1) is 18.4. The number of imide groups is 1. The molecule has 2 heterocycles. The Morgan fingerprint density at radius 3 is 2.42 bits per heavy atom. The average Bonchev–Trinajstić information content (AvgIpc) is 3.20. The van der Waals surface area contributed by atoms with Crippen LogP contribution in [-0.4, -0.2) is 85.9 Å². The van der Waals surface area contributed by atoms with Crippen molar-refractivity contribution in [3.63, 3.8) is 0 Å². The standard InChI is InChI=1S/C27H29N3O7S/c1-3-36-25(32)18-37-21-10-9-19(15-22(21)35-2)16-23-26(33)30(27(34)38-23)17-24(31)29-13-11-28(12-14-29)20-7-5-4-6-8-20/h4-10,15-16H,3,11-14,17-18H2,1-2H3/b23-16+. The van der Waals surface area contributed by atoms with E-state index < -0.39 is 17.1 Å². The van der Waals surface area contributed by atoms with Gasteiger partial charge in [0.1, 0.15) is 6.54 Å². The van der Waals surface area contributed by atoms with Crippen molar-refractivity contribution in [3.05, 3.63) is 59.0 Å². The number of para-hydroxylation sites is 1. The molecule has 200 valence electrons. The highest BCUT2D eigenvalue weighted by molar-refractivity contribution is 8.18. The van der Waals surface area contributed by atoms with Crippen LogP contribution in [0.1, 0.15) is 12.5 Å². The number of rotatable bonds is 9. The summed E-state index contributed by atoms with van der Waals surface area (Å²) in [5, 5.41) is -0.487. The van der Waals surface area contributed by atoms with Crippen LogP contribution in [0.3, 0.4) is 0 Å². The Kier molecular flexibility index (Phi) is 8.90. The lowest BCUT2D eigenvalue weighted by molar-refractivity contribution is -0.145. The van der Waals surface area contributed by atoms with Gasteiger partial charge in [-0.1, -0.05) is 24.3 Å². The van der Waals surface area contributed by atoms with E-state index in [1.807, 2.05) is 30.3 Å². The van der Waals surface area contributed by atoms with E-state index in [0.717, 1.165) is 22.3 Å². The second kappa shape index (κ2) is 12.5. The molecular formula is C27H29N3O7S. The Hall–Kier alpha value is -3.99. The Labute approximate surface area is 225 Å². The van der Waals surface area contributed by atoms with Gasteiger partial charge in [-0.05, 0) is 54.6 Å². The summed E-state index contributed by atoms with van der Waals surface area (Å²) in [4.78, 5) is 55.1. The van der Waals surface area contributed by atoms with Gasteiger partial charge in [-0.2, -0.15) is 0 Å². The van der Waals surface area contributed by atoms with Crippen LogP contribution in [0, 0.1) is 0 Å². The highest BCUT2D eigenvalue weighted by Crippen LogP contribution is 2.34. The number of hydrogen-bond donors (Lipinski definition) is 0. The summed E-state index contributed by atoms with van der Waals surface area (Å²) in [5.41, 5.74) is 1.70. The largest absolute Gasteiger partial charge is 0.493 e. The molecule has 0 spiro atoms. The summed E-state index contributed by atoms with van der Waals surface area (Å²) in [7, 11) is 1.45. The molecule has 10 nitrogen and oxygen atoms in total. The predicted molar refractivity (Wildman–Crippen MR) is 143 cm³/mol. The minimum absolute atomic E-state index is 0.207. The Balaban J connectivity index is 1.36. The van der Waals surface area contributed by atoms with Crippen molar-refractivity contribution in [2.45, 2.75) is 6.92 Å². The molecule has 0 bridgehead atoms. The quantitative estimate of drug-likeness (QED) is 0.351. The number of benzene rings is 2. The lowest BCUT2D eigenvalue weighted by Crippen LogP contribution is -2.51. The zero-order valence-electron chi connectivity index (χ0n) is 21.3. The normalized spacial score (nSPS) is 16.7. The number of piperazine rings is 1. The van der Waals surface area contributed by atoms with Gasteiger partial charge >= 0.3 is 5.97 Å². The molecule has 2 aliphatic rings. The molecule has 0 aromatic heterocycles. The molecule has 4 rings (SSSR count). The Bertz CT molecular complexity index is 1230. The molecule has 0 atom stereocenters. The number of amides is 3. The SMILES string of the molecule is CCOC(=O)COc1ccc(/C=C2/SC(=O)N(CC(=O)N3CCN(c4ccccc4)CC3)C2=O)cc1OC. The van der Waals surface area contributed by atoms with Crippen molar-refractivity contribution >= 4 is 46.5 Å². The van der Waals surface area contributed by atoms with E-state index in [1.54, 1.807) is 36.1 Å². The van der Waals surface area contributed by atoms with E-state index in [2.05, 4.69) is 4.90 Å². The fourth-order valence-electron chi connectivity index (χ4n) is 4.11. The average molecular weight is 540 g/mol. The summed E-state index contributed by atoms with van der Waals surface area (Å²) in [6, 6.07) is 14.9. The molecule has 0 radical (unpaired) electrons. The maximum absolute atomic E-state index is 13.0. The van der Waals surface area contributed by atoms with E-state index in [1.165, 1.54) is 7.11 Å². The summed E-state index contributed by atoms with van der Waals surface area (Å²) >= 11 is 0.787. The monoisotopic (exact) mass is 539 g/mol. The third kappa shape index (κ3) is 6.46. The van der Waals surface area contributed by atoms with Gasteiger partial charge in [0.05, 0.1) is 18.6 Å². The maximum atomic E-state index is 13.0. The van der Waals surface area contributed by atoms with E-state index in [0.29, 0.717) is 43.2 Å². The molecule has 3 amide bonds. The van der Waals surface area contributed by atoms with Crippen LogP contribution in [0.2, 0.25) is 0 Å². The number of anilines is 1. The number of thioether (sulfide) groups is 1. The van der Waals surface area contributed by atoms with Gasteiger partial charge in [0.25, 0.3) is 11.1 Å². The second-order valence-electron chi connectivity index (χ2n) is 8.48. The molecule has 0 aliphatic carbocycles. The van der Waals surface area contributed by atoms with Crippen LogP contribution in [0.25, 0.3) is 6.08 Å². The molecular weight excluding hydrogens is 510 g/mol. The van der Waals surface area contributed by atoms with E-state index >= 15 is 0 Å². The topological polar surface area (TPSA) is 106 Å². The molecule has 11 heteroatoms. The zero-order valence-corrected chi connectivity index (χ0v) is 22.1. The predicted octanol–water partition coefficient (Wildman–Crippen LogP) is 3.02. The van der Waals surface area contributed by atoms with E-state index in [-0.39, 0.29) is 30.6 Å². The number of ether oxygens (including phenoxy) is 3. The van der Waals surface area contributed by atoms with Gasteiger partial charge in [0, 0.05) is 31.9 Å². The number of nitrogens with zero attached hydrogens (tertiary/aromatic N) is 3. The molecule has 0 N–H and O–H groups in total. The molecule has 2 aromatic carbocycles. The third-order valence-electron chi connectivity index (χ3n) is 6.06. The van der Waals surface area contributed by atoms with Crippen LogP contribution in [0.5, 0.6) is 11.5 Å². The van der Waals surface area contributed by atoms with Crippen LogP contribution >= 0.6 is 11.8 Å². The lowest BCUT2D eigenvalue weighted by Gasteiger charge is -2.36. The van der Waals surface area contributed by atoms with Gasteiger partial charge in [-0.25, -0.2) is 4.79 Å². The highest BCUT2D eigenvalue weighted by Gasteiger charge is 2.37. The lowest BCUT2D eigenvalue weighted by atomic mass is 10.2. The molecule has 38 heavy (non-hydrogen) atoms. The third-order valence-corrected chi connectivity index (χ3v) is 6.96. The minimum Gasteiger partial charge on any atom is -0.493 e. The summed E-state index contributed by atoms with van der Waals surface area (Å²) in [6.45, 7) is 3.79. The molecule has 0 saturated carbocycles. The van der Waals surface area contributed by atoms with Crippen molar-refractivity contribution in [2.24, 2.45) is 0 Å². The fraction of sp³-hybridized carbons (Fsp3) is 0.333. The minimum atomic E-state index is -0.516. The summed E-state index contributed by atoms with van der Waals surface area (Å²) in [5.74, 6) is -0.584. The molecule has 2 saturated heterocycles. The van der Waals surface area contributed by atoms with Crippen molar-refractivity contribution in [2.75, 3.05) is 57.9 Å². The van der Waals surface area contributed by atoms with Gasteiger partial charge in [-0.15, -0.1) is 0 Å². The smallest absolute Gasteiger partial charge is 0.344 e. The number of methoxy groups -OCH3 is 1. The molecule has 2 aromatic rings. The molecule has 0 unspecified atom stereocenters. The van der Waals surface area contributed by atoms with Gasteiger partial charge in [-0.3, -0.25) is 19.3 Å². The van der Waals surface area contributed by atoms with Crippen LogP contribution < -0.4 is 14.4 Å². The van der Waals surface area contributed by atoms with Crippen molar-refractivity contribution in [3.8, 4) is 11.5 Å². The van der Waals surface area contributed by atoms with Gasteiger partial charge < -0.3 is 24.0 Å². The first-order valence-corrected chi connectivity index (χ1v) is 13.0. The van der Waals surface area contributed by atoms with Gasteiger partial charge in [0.2, 0.25) is 5.91 Å². The highest BCUT2D eigenvalue weighted by atomic mass is 32.2. The molecule has 2 aliphatic heterocycles. The van der Waals surface area contributed by atoms with Gasteiger partial charge in [0.15, 0.2) is 18.1 Å². The first-order valence-electron chi connectivity index (χ1n) is 12.2. The fourth-order valence-corrected chi connectivity index (χ4v) is 4.95. The van der Waals surface area contributed by atoms with Crippen molar-refractivity contribution in [1.82, 2.24) is 9.80 Å². The van der Waals surface area contributed by atoms with Crippen molar-refractivity contribution in [1.29, 1.82) is 0 Å². The Morgan fingerprint density at radius 2 is 1.74 bits per heavy atom. The van der Waals surface area contributed by atoms with Crippen LogP contribution in [0.15, 0.2) is 53.4 Å². The van der Waals surface area contributed by atoms with Crippen molar-refractivity contribution < 1.29 is 33.4 Å². The van der Waals surface area contributed by atoms with E-state index in [9.17, 15) is 19.2 Å². The Morgan fingerprint density at radius 1 is 1.00 bits per heavy atom. The first kappa shape index (κ1) is 27.1. The number of hydrogen-bond acceptors (Lipinski definition) is 9.